The van der Waals surface area contributed by atoms with Gasteiger partial charge in [0.1, 0.15) is 0 Å². The summed E-state index contributed by atoms with van der Waals surface area (Å²) in [6.45, 7) is 2.05. The molecule has 2 rings (SSSR count). The van der Waals surface area contributed by atoms with E-state index in [2.05, 4.69) is 0 Å². The van der Waals surface area contributed by atoms with Crippen molar-refractivity contribution in [3.63, 3.8) is 0 Å². The lowest BCUT2D eigenvalue weighted by Gasteiger charge is -2.34. The van der Waals surface area contributed by atoms with Crippen LogP contribution >= 0.6 is 0 Å². The van der Waals surface area contributed by atoms with Crippen LogP contribution in [0.2, 0.25) is 0 Å². The molecule has 0 N–H and O–H groups in total. The molecule has 104 valence electrons. The molecule has 1 aromatic carbocycles. The van der Waals surface area contributed by atoms with Crippen molar-refractivity contribution in [2.24, 2.45) is 0 Å². The monoisotopic (exact) mass is 263 g/mol. The first-order chi connectivity index (χ1) is 9.19. The first kappa shape index (κ1) is 14.0. The van der Waals surface area contributed by atoms with Gasteiger partial charge in [0.2, 0.25) is 5.91 Å². The van der Waals surface area contributed by atoms with Crippen molar-refractivity contribution in [3.05, 3.63) is 35.9 Å². The molecule has 1 aliphatic rings. The number of likely N-dealkylation sites (tertiary alicyclic amines) is 1. The summed E-state index contributed by atoms with van der Waals surface area (Å²) in [6.07, 6.45) is 0.977. The maximum atomic E-state index is 12.2. The van der Waals surface area contributed by atoms with E-state index in [1.54, 1.807) is 14.2 Å². The van der Waals surface area contributed by atoms with E-state index in [0.29, 0.717) is 6.42 Å². The van der Waals surface area contributed by atoms with Gasteiger partial charge in [-0.2, -0.15) is 0 Å². The van der Waals surface area contributed by atoms with Gasteiger partial charge in [0.05, 0.1) is 12.1 Å². The molecule has 0 unspecified atom stereocenters. The summed E-state index contributed by atoms with van der Waals surface area (Å²) in [5.74, 6) is 0.167. The molecule has 0 radical (unpaired) electrons. The minimum atomic E-state index is -0.363. The highest BCUT2D eigenvalue weighted by molar-refractivity contribution is 5.79. The molecule has 0 bridgehead atoms. The Kier molecular flexibility index (Phi) is 4.56. The molecule has 1 saturated heterocycles. The number of hydrogen-bond donors (Lipinski definition) is 0. The Bertz CT molecular complexity index is 417. The van der Waals surface area contributed by atoms with Crippen LogP contribution in [0.3, 0.4) is 0 Å². The lowest BCUT2D eigenvalue weighted by molar-refractivity contribution is -0.157. The number of hydrogen-bond acceptors (Lipinski definition) is 3. The van der Waals surface area contributed by atoms with Crippen LogP contribution in [-0.4, -0.2) is 37.4 Å². The standard InChI is InChI=1S/C15H21NO3/c1-11(12-7-5-4-6-8-12)16-13(9-10-14(16)17)15(18-2)19-3/h4-8,11,13,15H,9-10H2,1-3H3/t11-,13-/m1/s1. The average Bonchev–Trinajstić information content (AvgIpc) is 2.82. The van der Waals surface area contributed by atoms with Crippen LogP contribution < -0.4 is 0 Å². The van der Waals surface area contributed by atoms with Gasteiger partial charge in [0.25, 0.3) is 0 Å². The molecule has 2 atom stereocenters. The van der Waals surface area contributed by atoms with Gasteiger partial charge in [-0.1, -0.05) is 30.3 Å². The van der Waals surface area contributed by atoms with E-state index in [1.165, 1.54) is 0 Å². The molecule has 0 saturated carbocycles. The molecule has 1 amide bonds. The van der Waals surface area contributed by atoms with E-state index >= 15 is 0 Å². The molecule has 1 heterocycles. The zero-order valence-electron chi connectivity index (χ0n) is 11.7. The Morgan fingerprint density at radius 1 is 1.21 bits per heavy atom. The van der Waals surface area contributed by atoms with Gasteiger partial charge < -0.3 is 14.4 Å². The molecule has 19 heavy (non-hydrogen) atoms. The maximum absolute atomic E-state index is 12.2. The third-order valence-corrected chi connectivity index (χ3v) is 3.78. The number of methoxy groups -OCH3 is 2. The molecule has 0 spiro atoms. The summed E-state index contributed by atoms with van der Waals surface area (Å²) < 4.78 is 10.7. The highest BCUT2D eigenvalue weighted by Gasteiger charge is 2.39. The molecular weight excluding hydrogens is 242 g/mol. The number of nitrogens with zero attached hydrogens (tertiary/aromatic N) is 1. The number of amides is 1. The minimum absolute atomic E-state index is 0.0160. The second-order valence-corrected chi connectivity index (χ2v) is 4.83. The minimum Gasteiger partial charge on any atom is -0.354 e. The first-order valence-electron chi connectivity index (χ1n) is 6.60. The van der Waals surface area contributed by atoms with Gasteiger partial charge in [-0.3, -0.25) is 4.79 Å². The predicted octanol–water partition coefficient (Wildman–Crippen LogP) is 2.36. The van der Waals surface area contributed by atoms with E-state index < -0.39 is 0 Å². The van der Waals surface area contributed by atoms with E-state index in [0.717, 1.165) is 12.0 Å². The molecule has 4 heteroatoms. The van der Waals surface area contributed by atoms with Crippen LogP contribution in [0.1, 0.15) is 31.4 Å². The molecule has 1 fully saturated rings. The average molecular weight is 263 g/mol. The molecule has 4 nitrogen and oxygen atoms in total. The normalized spacial score (nSPS) is 21.2. The summed E-state index contributed by atoms with van der Waals surface area (Å²) in [5, 5.41) is 0. The van der Waals surface area contributed by atoms with Crippen molar-refractivity contribution < 1.29 is 14.3 Å². The summed E-state index contributed by atoms with van der Waals surface area (Å²) in [4.78, 5) is 14.0. The summed E-state index contributed by atoms with van der Waals surface area (Å²) in [6, 6.07) is 10.1. The summed E-state index contributed by atoms with van der Waals surface area (Å²) in [5.41, 5.74) is 1.13. The Morgan fingerprint density at radius 2 is 1.84 bits per heavy atom. The highest BCUT2D eigenvalue weighted by atomic mass is 16.7. The number of carbonyl (C=O) groups is 1. The number of ether oxygens (including phenoxy) is 2. The van der Waals surface area contributed by atoms with Crippen molar-refractivity contribution in [1.29, 1.82) is 0 Å². The fourth-order valence-electron chi connectivity index (χ4n) is 2.80. The van der Waals surface area contributed by atoms with Crippen LogP contribution in [0.4, 0.5) is 0 Å². The molecular formula is C15H21NO3. The second-order valence-electron chi connectivity index (χ2n) is 4.83. The lowest BCUT2D eigenvalue weighted by atomic mass is 10.1. The molecule has 0 aliphatic carbocycles. The van der Waals surface area contributed by atoms with E-state index in [-0.39, 0.29) is 24.3 Å². The predicted molar refractivity (Wildman–Crippen MR) is 72.5 cm³/mol. The van der Waals surface area contributed by atoms with Gasteiger partial charge in [-0.15, -0.1) is 0 Å². The number of benzene rings is 1. The van der Waals surface area contributed by atoms with Gasteiger partial charge in [0.15, 0.2) is 6.29 Å². The third kappa shape index (κ3) is 2.80. The Morgan fingerprint density at radius 3 is 2.42 bits per heavy atom. The number of rotatable bonds is 5. The van der Waals surface area contributed by atoms with E-state index in [1.807, 2.05) is 42.2 Å². The largest absolute Gasteiger partial charge is 0.354 e. The second kappa shape index (κ2) is 6.17. The van der Waals surface area contributed by atoms with Crippen LogP contribution in [0, 0.1) is 0 Å². The van der Waals surface area contributed by atoms with Gasteiger partial charge in [-0.05, 0) is 18.9 Å². The summed E-state index contributed by atoms with van der Waals surface area (Å²) >= 11 is 0. The Labute approximate surface area is 114 Å². The first-order valence-corrected chi connectivity index (χ1v) is 6.60. The van der Waals surface area contributed by atoms with Crippen LogP contribution in [0.15, 0.2) is 30.3 Å². The Hall–Kier alpha value is -1.39. The van der Waals surface area contributed by atoms with Gasteiger partial charge in [0, 0.05) is 20.6 Å². The van der Waals surface area contributed by atoms with E-state index in [9.17, 15) is 4.79 Å². The molecule has 1 aromatic rings. The number of carbonyl (C=O) groups excluding carboxylic acids is 1. The van der Waals surface area contributed by atoms with Gasteiger partial charge >= 0.3 is 0 Å². The fourth-order valence-corrected chi connectivity index (χ4v) is 2.80. The van der Waals surface area contributed by atoms with E-state index in [4.69, 9.17) is 9.47 Å². The molecule has 1 aliphatic heterocycles. The van der Waals surface area contributed by atoms with Crippen molar-refractivity contribution in [3.8, 4) is 0 Å². The quantitative estimate of drug-likeness (QED) is 0.765. The lowest BCUT2D eigenvalue weighted by Crippen LogP contribution is -2.44. The van der Waals surface area contributed by atoms with Crippen LogP contribution in [0.25, 0.3) is 0 Å². The van der Waals surface area contributed by atoms with Crippen molar-refractivity contribution in [2.45, 2.75) is 38.1 Å². The fraction of sp³-hybridized carbons (Fsp3) is 0.533. The third-order valence-electron chi connectivity index (χ3n) is 3.78. The summed E-state index contributed by atoms with van der Waals surface area (Å²) in [7, 11) is 3.23. The van der Waals surface area contributed by atoms with Gasteiger partial charge in [-0.25, -0.2) is 0 Å². The Balaban J connectivity index is 2.22. The highest BCUT2D eigenvalue weighted by Crippen LogP contribution is 2.32. The van der Waals surface area contributed by atoms with Crippen LogP contribution in [-0.2, 0) is 14.3 Å². The zero-order valence-corrected chi connectivity index (χ0v) is 11.7. The van der Waals surface area contributed by atoms with Crippen molar-refractivity contribution in [1.82, 2.24) is 4.90 Å². The van der Waals surface area contributed by atoms with Crippen molar-refractivity contribution in [2.75, 3.05) is 14.2 Å². The van der Waals surface area contributed by atoms with Crippen LogP contribution in [0.5, 0.6) is 0 Å². The zero-order chi connectivity index (χ0) is 13.8. The van der Waals surface area contributed by atoms with Crippen molar-refractivity contribution >= 4 is 5.91 Å². The maximum Gasteiger partial charge on any atom is 0.223 e. The SMILES string of the molecule is COC(OC)[C@H]1CCC(=O)N1[C@H](C)c1ccccc1. The molecule has 0 aromatic heterocycles. The topological polar surface area (TPSA) is 38.8 Å². The smallest absolute Gasteiger partial charge is 0.223 e.